The minimum Gasteiger partial charge on any atom is -0.367 e. The minimum atomic E-state index is 0.581. The van der Waals surface area contributed by atoms with E-state index in [4.69, 9.17) is 0 Å². The summed E-state index contributed by atoms with van der Waals surface area (Å²) in [5.74, 6) is 3.02. The van der Waals surface area contributed by atoms with Crippen LogP contribution in [0.2, 0.25) is 0 Å². The van der Waals surface area contributed by atoms with Crippen LogP contribution >= 0.6 is 0 Å². The lowest BCUT2D eigenvalue weighted by atomic mass is 9.84. The maximum atomic E-state index is 4.07. The maximum absolute atomic E-state index is 4.07. The van der Waals surface area contributed by atoms with Crippen LogP contribution in [0.3, 0.4) is 0 Å². The van der Waals surface area contributed by atoms with E-state index in [2.05, 4.69) is 46.4 Å². The highest BCUT2D eigenvalue weighted by Crippen LogP contribution is 2.40. The lowest BCUT2D eigenvalue weighted by Gasteiger charge is -2.39. The summed E-state index contributed by atoms with van der Waals surface area (Å²) in [5.41, 5.74) is 3.32. The molecule has 0 aromatic carbocycles. The number of hydrogen-bond acceptors (Lipinski definition) is 4. The van der Waals surface area contributed by atoms with Crippen molar-refractivity contribution < 1.29 is 0 Å². The van der Waals surface area contributed by atoms with E-state index in [9.17, 15) is 0 Å². The predicted octanol–water partition coefficient (Wildman–Crippen LogP) is 6.36. The summed E-state index contributed by atoms with van der Waals surface area (Å²) in [6.07, 6.45) is 27.4. The summed E-state index contributed by atoms with van der Waals surface area (Å²) in [5, 5.41) is 8.10. The molecule has 0 aromatic heterocycles. The number of hydrogen-bond donors (Lipinski definition) is 2. The molecule has 6 unspecified atom stereocenters. The Bertz CT molecular complexity index is 779. The summed E-state index contributed by atoms with van der Waals surface area (Å²) in [7, 11) is 0. The van der Waals surface area contributed by atoms with Gasteiger partial charge in [0.05, 0.1) is 6.17 Å². The van der Waals surface area contributed by atoms with Crippen molar-refractivity contribution in [3.63, 3.8) is 0 Å². The van der Waals surface area contributed by atoms with Gasteiger partial charge in [0, 0.05) is 36.6 Å². The highest BCUT2D eigenvalue weighted by atomic mass is 15.4. The number of rotatable bonds is 6. The van der Waals surface area contributed by atoms with Crippen molar-refractivity contribution >= 4 is 0 Å². The van der Waals surface area contributed by atoms with E-state index >= 15 is 0 Å². The molecule has 4 heteroatoms. The number of fused-ring (bicyclic) bond motifs is 1. The monoisotopic (exact) mass is 480 g/mol. The molecule has 0 radical (unpaired) electrons. The molecule has 2 saturated carbocycles. The van der Waals surface area contributed by atoms with E-state index in [1.165, 1.54) is 109 Å². The largest absolute Gasteiger partial charge is 0.367 e. The molecule has 6 rings (SSSR count). The van der Waals surface area contributed by atoms with E-state index in [1.807, 2.05) is 0 Å². The van der Waals surface area contributed by atoms with Crippen LogP contribution in [0.1, 0.15) is 110 Å². The zero-order valence-corrected chi connectivity index (χ0v) is 22.7. The second kappa shape index (κ2) is 10.8. The summed E-state index contributed by atoms with van der Waals surface area (Å²) in [6.45, 7) is 7.35. The van der Waals surface area contributed by atoms with Crippen LogP contribution < -0.4 is 10.6 Å². The van der Waals surface area contributed by atoms with E-state index in [1.54, 1.807) is 11.4 Å². The van der Waals surface area contributed by atoms with Gasteiger partial charge in [-0.05, 0) is 87.9 Å². The smallest absolute Gasteiger partial charge is 0.101 e. The molecule has 3 fully saturated rings. The van der Waals surface area contributed by atoms with Crippen molar-refractivity contribution in [3.05, 3.63) is 23.5 Å². The lowest BCUT2D eigenvalue weighted by Crippen LogP contribution is -2.46. The lowest BCUT2D eigenvalue weighted by molar-refractivity contribution is 0.113. The fraction of sp³-hybridized carbons (Fsp3) is 0.871. The SMILES string of the molecule is CC(C)C1NC2CCCCC2N1CC1C=CC(CN2C3=C(CCCC3)NC2C2CCCCC2)CC1. The average Bonchev–Trinajstić information content (AvgIpc) is 3.45. The Morgan fingerprint density at radius 1 is 0.800 bits per heavy atom. The van der Waals surface area contributed by atoms with Crippen LogP contribution in [-0.2, 0) is 0 Å². The molecule has 0 bridgehead atoms. The quantitative estimate of drug-likeness (QED) is 0.433. The Morgan fingerprint density at radius 3 is 2.29 bits per heavy atom. The van der Waals surface area contributed by atoms with Crippen molar-refractivity contribution in [2.45, 2.75) is 135 Å². The molecular weight excluding hydrogens is 428 g/mol. The van der Waals surface area contributed by atoms with Gasteiger partial charge < -0.3 is 10.2 Å². The molecule has 35 heavy (non-hydrogen) atoms. The first-order valence-electron chi connectivity index (χ1n) is 15.6. The molecule has 6 atom stereocenters. The Morgan fingerprint density at radius 2 is 1.51 bits per heavy atom. The van der Waals surface area contributed by atoms with Crippen LogP contribution in [0.25, 0.3) is 0 Å². The van der Waals surface area contributed by atoms with E-state index < -0.39 is 0 Å². The predicted molar refractivity (Wildman–Crippen MR) is 146 cm³/mol. The van der Waals surface area contributed by atoms with Crippen molar-refractivity contribution in [1.29, 1.82) is 0 Å². The van der Waals surface area contributed by atoms with Crippen molar-refractivity contribution in [2.75, 3.05) is 13.1 Å². The summed E-state index contributed by atoms with van der Waals surface area (Å²) < 4.78 is 0. The normalized spacial score (nSPS) is 38.7. The molecule has 0 spiro atoms. The van der Waals surface area contributed by atoms with Crippen LogP contribution in [0.15, 0.2) is 23.5 Å². The third kappa shape index (κ3) is 5.08. The van der Waals surface area contributed by atoms with Gasteiger partial charge in [0.1, 0.15) is 6.17 Å². The summed E-state index contributed by atoms with van der Waals surface area (Å²) in [6, 6.07) is 1.53. The Hall–Kier alpha value is -1.00. The van der Waals surface area contributed by atoms with Crippen LogP contribution in [-0.4, -0.2) is 47.3 Å². The van der Waals surface area contributed by atoms with Crippen LogP contribution in [0.4, 0.5) is 0 Å². The number of nitrogens with zero attached hydrogens (tertiary/aromatic N) is 2. The topological polar surface area (TPSA) is 30.5 Å². The average molecular weight is 481 g/mol. The second-order valence-electron chi connectivity index (χ2n) is 13.3. The highest BCUT2D eigenvalue weighted by molar-refractivity contribution is 5.23. The maximum Gasteiger partial charge on any atom is 0.101 e. The number of nitrogens with one attached hydrogen (secondary N) is 2. The fourth-order valence-corrected chi connectivity index (χ4v) is 8.64. The Labute approximate surface area is 215 Å². The molecule has 196 valence electrons. The molecular formula is C31H52N4. The first-order chi connectivity index (χ1) is 17.2. The van der Waals surface area contributed by atoms with Gasteiger partial charge in [-0.2, -0.15) is 0 Å². The van der Waals surface area contributed by atoms with Gasteiger partial charge in [-0.25, -0.2) is 0 Å². The first kappa shape index (κ1) is 24.3. The third-order valence-electron chi connectivity index (χ3n) is 10.5. The van der Waals surface area contributed by atoms with Gasteiger partial charge in [-0.15, -0.1) is 0 Å². The van der Waals surface area contributed by atoms with Gasteiger partial charge >= 0.3 is 0 Å². The summed E-state index contributed by atoms with van der Waals surface area (Å²) >= 11 is 0. The zero-order chi connectivity index (χ0) is 23.8. The van der Waals surface area contributed by atoms with Gasteiger partial charge in [0.15, 0.2) is 0 Å². The summed E-state index contributed by atoms with van der Waals surface area (Å²) in [4.78, 5) is 5.78. The molecule has 0 amide bonds. The second-order valence-corrected chi connectivity index (χ2v) is 13.3. The van der Waals surface area contributed by atoms with E-state index in [0.717, 1.165) is 29.8 Å². The zero-order valence-electron chi connectivity index (χ0n) is 22.7. The molecule has 2 aliphatic heterocycles. The van der Waals surface area contributed by atoms with Crippen molar-refractivity contribution in [1.82, 2.24) is 20.4 Å². The fourth-order valence-electron chi connectivity index (χ4n) is 8.64. The Kier molecular flexibility index (Phi) is 7.49. The van der Waals surface area contributed by atoms with Gasteiger partial charge in [-0.1, -0.05) is 58.1 Å². The molecule has 1 saturated heterocycles. The van der Waals surface area contributed by atoms with Gasteiger partial charge in [-0.3, -0.25) is 10.2 Å². The molecule has 0 aromatic rings. The van der Waals surface area contributed by atoms with Crippen LogP contribution in [0, 0.1) is 23.7 Å². The molecule has 4 aliphatic carbocycles. The van der Waals surface area contributed by atoms with Crippen LogP contribution in [0.5, 0.6) is 0 Å². The van der Waals surface area contributed by atoms with Gasteiger partial charge in [0.25, 0.3) is 0 Å². The Balaban J connectivity index is 1.10. The van der Waals surface area contributed by atoms with E-state index in [0.29, 0.717) is 18.2 Å². The number of allylic oxidation sites excluding steroid dienone is 2. The molecule has 4 nitrogen and oxygen atoms in total. The van der Waals surface area contributed by atoms with Crippen molar-refractivity contribution in [2.24, 2.45) is 23.7 Å². The molecule has 2 heterocycles. The third-order valence-corrected chi connectivity index (χ3v) is 10.5. The van der Waals surface area contributed by atoms with Crippen molar-refractivity contribution in [3.8, 4) is 0 Å². The van der Waals surface area contributed by atoms with Gasteiger partial charge in [0.2, 0.25) is 0 Å². The first-order valence-corrected chi connectivity index (χ1v) is 15.6. The highest BCUT2D eigenvalue weighted by Gasteiger charge is 2.43. The standard InChI is InChI=1S/C31H52N4/c1-22(2)30-32-26-12-6-8-14-28(26)34(30)20-23-16-18-24(19-17-23)21-35-29-15-9-7-13-27(29)33-31(35)25-10-4-3-5-11-25/h16,18,22-26,28,30-33H,3-15,17,19-21H2,1-2H3. The van der Waals surface area contributed by atoms with E-state index in [-0.39, 0.29) is 0 Å². The molecule has 6 aliphatic rings. The molecule has 2 N–H and O–H groups in total. The minimum absolute atomic E-state index is 0.581.